The molecular formula is C18H25FN4O2. The molecule has 2 fully saturated rings. The third-order valence-corrected chi connectivity index (χ3v) is 4.82. The number of carbonyl (C=O) groups excluding carboxylic acids is 2. The Morgan fingerprint density at radius 1 is 1.16 bits per heavy atom. The number of halogens is 1. The van der Waals surface area contributed by atoms with Crippen LogP contribution in [0.4, 0.5) is 14.9 Å². The molecule has 6 nitrogen and oxygen atoms in total. The number of nitrogens with one attached hydrogen (secondary N) is 2. The summed E-state index contributed by atoms with van der Waals surface area (Å²) < 4.78 is 13.8. The third-order valence-electron chi connectivity index (χ3n) is 4.82. The van der Waals surface area contributed by atoms with Crippen molar-refractivity contribution in [1.82, 2.24) is 15.5 Å². The molecule has 2 saturated heterocycles. The van der Waals surface area contributed by atoms with E-state index in [2.05, 4.69) is 15.5 Å². The number of piperidine rings is 1. The Morgan fingerprint density at radius 2 is 1.92 bits per heavy atom. The average molecular weight is 348 g/mol. The van der Waals surface area contributed by atoms with Crippen LogP contribution in [0, 0.1) is 5.82 Å². The lowest BCUT2D eigenvalue weighted by Crippen LogP contribution is -2.48. The van der Waals surface area contributed by atoms with Crippen LogP contribution in [-0.2, 0) is 4.79 Å². The molecular weight excluding hydrogens is 323 g/mol. The van der Waals surface area contributed by atoms with Gasteiger partial charge in [0, 0.05) is 19.6 Å². The molecule has 0 bridgehead atoms. The Balaban J connectivity index is 1.44. The quantitative estimate of drug-likeness (QED) is 0.852. The van der Waals surface area contributed by atoms with Crippen molar-refractivity contribution in [1.29, 1.82) is 0 Å². The van der Waals surface area contributed by atoms with Crippen molar-refractivity contribution in [2.75, 3.05) is 37.6 Å². The molecule has 1 aromatic carbocycles. The summed E-state index contributed by atoms with van der Waals surface area (Å²) in [6, 6.07) is 5.25. The maximum absolute atomic E-state index is 13.8. The number of anilines is 1. The normalized spacial score (nSPS) is 21.4. The number of carbonyl (C=O) groups is 2. The van der Waals surface area contributed by atoms with Crippen molar-refractivity contribution in [3.8, 4) is 0 Å². The van der Waals surface area contributed by atoms with Crippen molar-refractivity contribution in [3.63, 3.8) is 0 Å². The van der Waals surface area contributed by atoms with Crippen LogP contribution >= 0.6 is 0 Å². The van der Waals surface area contributed by atoms with Gasteiger partial charge in [0.25, 0.3) is 0 Å². The van der Waals surface area contributed by atoms with Gasteiger partial charge in [0.15, 0.2) is 0 Å². The van der Waals surface area contributed by atoms with Crippen LogP contribution in [0.1, 0.15) is 25.7 Å². The van der Waals surface area contributed by atoms with Gasteiger partial charge >= 0.3 is 6.03 Å². The van der Waals surface area contributed by atoms with Crippen molar-refractivity contribution in [3.05, 3.63) is 30.1 Å². The van der Waals surface area contributed by atoms with Crippen LogP contribution in [0.25, 0.3) is 0 Å². The first-order valence-corrected chi connectivity index (χ1v) is 8.98. The number of para-hydroxylation sites is 1. The van der Waals surface area contributed by atoms with E-state index in [1.54, 1.807) is 18.2 Å². The van der Waals surface area contributed by atoms with Gasteiger partial charge in [0.1, 0.15) is 11.9 Å². The molecule has 3 rings (SSSR count). The molecule has 0 saturated carbocycles. The van der Waals surface area contributed by atoms with E-state index >= 15 is 0 Å². The van der Waals surface area contributed by atoms with Gasteiger partial charge in [0.05, 0.1) is 5.69 Å². The molecule has 0 aliphatic carbocycles. The molecule has 3 amide bonds. The minimum absolute atomic E-state index is 0.266. The molecule has 2 heterocycles. The third kappa shape index (κ3) is 4.48. The summed E-state index contributed by atoms with van der Waals surface area (Å²) in [5, 5.41) is 5.51. The first-order valence-electron chi connectivity index (χ1n) is 8.98. The molecule has 2 aliphatic heterocycles. The van der Waals surface area contributed by atoms with E-state index in [0.29, 0.717) is 19.5 Å². The first kappa shape index (κ1) is 17.7. The van der Waals surface area contributed by atoms with Gasteiger partial charge in [-0.25, -0.2) is 9.18 Å². The molecule has 2 aliphatic rings. The average Bonchev–Trinajstić information content (AvgIpc) is 2.97. The van der Waals surface area contributed by atoms with Crippen LogP contribution in [-0.4, -0.2) is 55.6 Å². The molecule has 1 aromatic rings. The lowest BCUT2D eigenvalue weighted by molar-refractivity contribution is -0.118. The van der Waals surface area contributed by atoms with E-state index in [0.717, 1.165) is 19.6 Å². The number of rotatable bonds is 5. The van der Waals surface area contributed by atoms with Gasteiger partial charge in [-0.05, 0) is 44.5 Å². The second-order valence-corrected chi connectivity index (χ2v) is 6.59. The van der Waals surface area contributed by atoms with E-state index in [4.69, 9.17) is 0 Å². The molecule has 1 unspecified atom stereocenters. The number of urea groups is 1. The zero-order valence-electron chi connectivity index (χ0n) is 14.3. The molecule has 25 heavy (non-hydrogen) atoms. The monoisotopic (exact) mass is 348 g/mol. The predicted molar refractivity (Wildman–Crippen MR) is 94.0 cm³/mol. The van der Waals surface area contributed by atoms with Crippen LogP contribution in [0.3, 0.4) is 0 Å². The van der Waals surface area contributed by atoms with Gasteiger partial charge in [-0.3, -0.25) is 4.79 Å². The second-order valence-electron chi connectivity index (χ2n) is 6.59. The van der Waals surface area contributed by atoms with Crippen LogP contribution < -0.4 is 15.5 Å². The number of benzene rings is 1. The summed E-state index contributed by atoms with van der Waals surface area (Å²) in [4.78, 5) is 28.2. The van der Waals surface area contributed by atoms with Gasteiger partial charge in [-0.1, -0.05) is 18.6 Å². The number of likely N-dealkylation sites (tertiary alicyclic amines) is 1. The van der Waals surface area contributed by atoms with Gasteiger partial charge in [-0.15, -0.1) is 0 Å². The second kappa shape index (κ2) is 8.29. The Labute approximate surface area is 147 Å². The topological polar surface area (TPSA) is 64.7 Å². The highest BCUT2D eigenvalue weighted by molar-refractivity contribution is 6.01. The zero-order valence-corrected chi connectivity index (χ0v) is 14.3. The minimum atomic E-state index is -0.602. The highest BCUT2D eigenvalue weighted by atomic mass is 19.1. The SMILES string of the molecule is O=C(NCCN1CCCCC1)NC1CCN(c2ccccc2F)C1=O. The van der Waals surface area contributed by atoms with Crippen molar-refractivity contribution < 1.29 is 14.0 Å². The van der Waals surface area contributed by atoms with Crippen LogP contribution in [0.2, 0.25) is 0 Å². The van der Waals surface area contributed by atoms with Crippen molar-refractivity contribution in [2.24, 2.45) is 0 Å². The minimum Gasteiger partial charge on any atom is -0.337 e. The summed E-state index contributed by atoms with van der Waals surface area (Å²) in [5.74, 6) is -0.696. The highest BCUT2D eigenvalue weighted by Gasteiger charge is 2.34. The molecule has 0 spiro atoms. The summed E-state index contributed by atoms with van der Waals surface area (Å²) in [6.07, 6.45) is 4.20. The van der Waals surface area contributed by atoms with Crippen molar-refractivity contribution >= 4 is 17.6 Å². The van der Waals surface area contributed by atoms with E-state index in [1.165, 1.54) is 30.2 Å². The van der Waals surface area contributed by atoms with E-state index < -0.39 is 11.9 Å². The highest BCUT2D eigenvalue weighted by Crippen LogP contribution is 2.24. The fraction of sp³-hybridized carbons (Fsp3) is 0.556. The molecule has 7 heteroatoms. The Morgan fingerprint density at radius 3 is 2.68 bits per heavy atom. The fourth-order valence-corrected chi connectivity index (χ4v) is 3.44. The summed E-state index contributed by atoms with van der Waals surface area (Å²) >= 11 is 0. The lowest BCUT2D eigenvalue weighted by Gasteiger charge is -2.26. The smallest absolute Gasteiger partial charge is 0.315 e. The molecule has 0 radical (unpaired) electrons. The molecule has 1 atom stereocenters. The van der Waals surface area contributed by atoms with E-state index in [1.807, 2.05) is 0 Å². The summed E-state index contributed by atoms with van der Waals surface area (Å²) in [7, 11) is 0. The Kier molecular flexibility index (Phi) is 5.86. The Bertz CT molecular complexity index is 619. The molecule has 0 aromatic heterocycles. The van der Waals surface area contributed by atoms with Crippen LogP contribution in [0.15, 0.2) is 24.3 Å². The molecule has 2 N–H and O–H groups in total. The number of hydrogen-bond acceptors (Lipinski definition) is 3. The number of nitrogens with zero attached hydrogens (tertiary/aromatic N) is 2. The zero-order chi connectivity index (χ0) is 17.6. The Hall–Kier alpha value is -2.15. The van der Waals surface area contributed by atoms with Gasteiger partial charge in [0.2, 0.25) is 5.91 Å². The maximum Gasteiger partial charge on any atom is 0.315 e. The predicted octanol–water partition coefficient (Wildman–Crippen LogP) is 1.72. The van der Waals surface area contributed by atoms with Gasteiger partial charge in [-0.2, -0.15) is 0 Å². The molecule has 136 valence electrons. The first-order chi connectivity index (χ1) is 12.1. The fourth-order valence-electron chi connectivity index (χ4n) is 3.44. The standard InChI is InChI=1S/C18H25FN4O2/c19-14-6-2-3-7-16(14)23-12-8-15(17(23)24)21-18(25)20-9-13-22-10-4-1-5-11-22/h2-3,6-7,15H,1,4-5,8-13H2,(H2,20,21,25). The van der Waals surface area contributed by atoms with E-state index in [-0.39, 0.29) is 17.6 Å². The summed E-state index contributed by atoms with van der Waals surface area (Å²) in [6.45, 7) is 3.96. The summed E-state index contributed by atoms with van der Waals surface area (Å²) in [5.41, 5.74) is 0.266. The number of amides is 3. The van der Waals surface area contributed by atoms with Crippen molar-refractivity contribution in [2.45, 2.75) is 31.7 Å². The largest absolute Gasteiger partial charge is 0.337 e. The van der Waals surface area contributed by atoms with E-state index in [9.17, 15) is 14.0 Å². The van der Waals surface area contributed by atoms with Gasteiger partial charge < -0.3 is 20.4 Å². The number of hydrogen-bond donors (Lipinski definition) is 2. The van der Waals surface area contributed by atoms with Crippen LogP contribution in [0.5, 0.6) is 0 Å². The maximum atomic E-state index is 13.8. The lowest BCUT2D eigenvalue weighted by atomic mass is 10.1.